The first kappa shape index (κ1) is 23.2. The first-order valence-electron chi connectivity index (χ1n) is 8.79. The number of carbonyl (C=O) groups excluding carboxylic acids is 5. The number of amides is 3. The van der Waals surface area contributed by atoms with Gasteiger partial charge < -0.3 is 19.6 Å². The Balaban J connectivity index is 1.59. The molecule has 2 N–H and O–H groups in total. The van der Waals surface area contributed by atoms with Gasteiger partial charge >= 0.3 is 17.8 Å². The standard InChI is InChI=1S/C16H17FN4O10/c17-9-7-20(15(27)19-14(9)26)8-30-16(28)29-6-5-18-10(22)1-4-13(25)31-21-11(23)2-3-12(21)24/h7H,1-6,8H2,(H,18,22)(H,19,26,27). The van der Waals surface area contributed by atoms with Crippen molar-refractivity contribution in [3.63, 3.8) is 0 Å². The molecule has 3 amide bonds. The Hall–Kier alpha value is -4.04. The first-order valence-corrected chi connectivity index (χ1v) is 8.79. The minimum Gasteiger partial charge on any atom is -0.432 e. The molecule has 0 aromatic carbocycles. The molecule has 2 rings (SSSR count). The van der Waals surface area contributed by atoms with Crippen LogP contribution in [0.25, 0.3) is 0 Å². The van der Waals surface area contributed by atoms with Crippen molar-refractivity contribution in [2.45, 2.75) is 32.4 Å². The number of hydrogen-bond donors (Lipinski definition) is 2. The van der Waals surface area contributed by atoms with Crippen molar-refractivity contribution in [3.05, 3.63) is 32.9 Å². The van der Waals surface area contributed by atoms with E-state index in [1.165, 1.54) is 0 Å². The zero-order valence-electron chi connectivity index (χ0n) is 15.9. The fourth-order valence-corrected chi connectivity index (χ4v) is 2.18. The highest BCUT2D eigenvalue weighted by molar-refractivity contribution is 6.01. The highest BCUT2D eigenvalue weighted by Crippen LogP contribution is 2.12. The number of nitrogens with zero attached hydrogens (tertiary/aromatic N) is 2. The van der Waals surface area contributed by atoms with E-state index in [1.54, 1.807) is 4.98 Å². The van der Waals surface area contributed by atoms with E-state index in [1.807, 2.05) is 0 Å². The summed E-state index contributed by atoms with van der Waals surface area (Å²) < 4.78 is 22.8. The van der Waals surface area contributed by atoms with E-state index in [4.69, 9.17) is 0 Å². The molecule has 1 aliphatic heterocycles. The second-order valence-corrected chi connectivity index (χ2v) is 5.97. The van der Waals surface area contributed by atoms with Crippen LogP contribution in [0.3, 0.4) is 0 Å². The number of aromatic nitrogens is 2. The average molecular weight is 444 g/mol. The van der Waals surface area contributed by atoms with E-state index < -0.39 is 60.1 Å². The summed E-state index contributed by atoms with van der Waals surface area (Å²) in [4.78, 5) is 85.7. The zero-order valence-corrected chi connectivity index (χ0v) is 15.9. The molecule has 14 nitrogen and oxygen atoms in total. The average Bonchev–Trinajstić information content (AvgIpc) is 3.03. The Morgan fingerprint density at radius 3 is 2.42 bits per heavy atom. The highest BCUT2D eigenvalue weighted by atomic mass is 19.1. The quantitative estimate of drug-likeness (QED) is 0.253. The molecule has 168 valence electrons. The number of H-pyrrole nitrogens is 1. The van der Waals surface area contributed by atoms with Crippen molar-refractivity contribution in [2.75, 3.05) is 13.2 Å². The number of ether oxygens (including phenoxy) is 2. The van der Waals surface area contributed by atoms with Gasteiger partial charge in [-0.3, -0.25) is 28.7 Å². The fraction of sp³-hybridized carbons (Fsp3) is 0.438. The van der Waals surface area contributed by atoms with Crippen molar-refractivity contribution in [3.8, 4) is 0 Å². The molecule has 1 aliphatic rings. The SMILES string of the molecule is O=C(CCC(=O)ON1C(=O)CCC1=O)NCCOC(=O)OCn1cc(F)c(=O)[nH]c1=O. The smallest absolute Gasteiger partial charge is 0.432 e. The van der Waals surface area contributed by atoms with Gasteiger partial charge in [-0.05, 0) is 0 Å². The summed E-state index contributed by atoms with van der Waals surface area (Å²) in [6.07, 6.45) is -1.47. The van der Waals surface area contributed by atoms with Gasteiger partial charge in [-0.25, -0.2) is 14.4 Å². The van der Waals surface area contributed by atoms with E-state index in [2.05, 4.69) is 19.6 Å². The van der Waals surface area contributed by atoms with Crippen LogP contribution in [0.5, 0.6) is 0 Å². The monoisotopic (exact) mass is 444 g/mol. The first-order chi connectivity index (χ1) is 14.7. The number of aromatic amines is 1. The number of hydroxylamine groups is 2. The van der Waals surface area contributed by atoms with Crippen LogP contribution in [0.4, 0.5) is 9.18 Å². The van der Waals surface area contributed by atoms with Gasteiger partial charge in [0.05, 0.1) is 19.2 Å². The molecule has 2 heterocycles. The number of hydrogen-bond acceptors (Lipinski definition) is 10. The van der Waals surface area contributed by atoms with Crippen LogP contribution in [0.1, 0.15) is 25.7 Å². The Kier molecular flexibility index (Phi) is 7.99. The molecule has 0 aliphatic carbocycles. The van der Waals surface area contributed by atoms with Gasteiger partial charge in [-0.15, -0.1) is 5.06 Å². The summed E-state index contributed by atoms with van der Waals surface area (Å²) in [6.45, 7) is -1.18. The lowest BCUT2D eigenvalue weighted by Crippen LogP contribution is -2.33. The molecule has 0 atom stereocenters. The lowest BCUT2D eigenvalue weighted by molar-refractivity contribution is -0.197. The minimum absolute atomic E-state index is 0.0481. The fourth-order valence-electron chi connectivity index (χ4n) is 2.18. The molecule has 1 saturated heterocycles. The van der Waals surface area contributed by atoms with Gasteiger partial charge in [-0.1, -0.05) is 0 Å². The van der Waals surface area contributed by atoms with Crippen molar-refractivity contribution >= 4 is 29.8 Å². The Morgan fingerprint density at radius 2 is 1.74 bits per heavy atom. The van der Waals surface area contributed by atoms with Gasteiger partial charge in [0.15, 0.2) is 6.73 Å². The summed E-state index contributed by atoms with van der Waals surface area (Å²) >= 11 is 0. The predicted octanol–water partition coefficient (Wildman–Crippen LogP) is -1.71. The van der Waals surface area contributed by atoms with Gasteiger partial charge in [0.25, 0.3) is 17.4 Å². The van der Waals surface area contributed by atoms with Crippen LogP contribution in [0.2, 0.25) is 0 Å². The highest BCUT2D eigenvalue weighted by Gasteiger charge is 2.32. The van der Waals surface area contributed by atoms with Crippen molar-refractivity contribution in [1.29, 1.82) is 0 Å². The number of rotatable bonds is 9. The Bertz CT molecular complexity index is 985. The molecular formula is C16H17FN4O10. The molecule has 31 heavy (non-hydrogen) atoms. The number of nitrogens with one attached hydrogen (secondary N) is 2. The van der Waals surface area contributed by atoms with Crippen LogP contribution in [0.15, 0.2) is 15.8 Å². The largest absolute Gasteiger partial charge is 0.510 e. The summed E-state index contributed by atoms with van der Waals surface area (Å²) in [6, 6.07) is 0. The van der Waals surface area contributed by atoms with Gasteiger partial charge in [-0.2, -0.15) is 4.39 Å². The lowest BCUT2D eigenvalue weighted by atomic mass is 10.3. The second-order valence-electron chi connectivity index (χ2n) is 5.97. The van der Waals surface area contributed by atoms with Crippen LogP contribution in [-0.2, 0) is 40.2 Å². The second kappa shape index (κ2) is 10.7. The zero-order chi connectivity index (χ0) is 23.0. The van der Waals surface area contributed by atoms with E-state index in [9.17, 15) is 38.0 Å². The van der Waals surface area contributed by atoms with Gasteiger partial charge in [0.2, 0.25) is 11.7 Å². The molecule has 15 heteroatoms. The molecule has 0 spiro atoms. The minimum atomic E-state index is -1.25. The third-order valence-electron chi connectivity index (χ3n) is 3.69. The van der Waals surface area contributed by atoms with E-state index in [0.717, 1.165) is 0 Å². The normalized spacial score (nSPS) is 13.1. The third-order valence-corrected chi connectivity index (χ3v) is 3.69. The van der Waals surface area contributed by atoms with Crippen LogP contribution in [0, 0.1) is 5.82 Å². The number of carbonyl (C=O) groups is 5. The van der Waals surface area contributed by atoms with Gasteiger partial charge in [0.1, 0.15) is 6.61 Å². The van der Waals surface area contributed by atoms with Crippen LogP contribution >= 0.6 is 0 Å². The maximum absolute atomic E-state index is 13.1. The maximum atomic E-state index is 13.1. The summed E-state index contributed by atoms with van der Waals surface area (Å²) in [5.41, 5.74) is -2.21. The number of halogens is 1. The summed E-state index contributed by atoms with van der Waals surface area (Å²) in [5.74, 6) is -4.05. The molecule has 0 bridgehead atoms. The maximum Gasteiger partial charge on any atom is 0.510 e. The lowest BCUT2D eigenvalue weighted by Gasteiger charge is -2.12. The predicted molar refractivity (Wildman–Crippen MR) is 93.1 cm³/mol. The Labute approximate surface area is 171 Å². The number of imide groups is 1. The molecule has 1 fully saturated rings. The molecule has 1 aromatic rings. The molecular weight excluding hydrogens is 427 g/mol. The summed E-state index contributed by atoms with van der Waals surface area (Å²) in [5, 5.41) is 2.70. The van der Waals surface area contributed by atoms with E-state index in [0.29, 0.717) is 15.8 Å². The van der Waals surface area contributed by atoms with Crippen molar-refractivity contribution in [2.24, 2.45) is 0 Å². The molecule has 0 saturated carbocycles. The molecule has 0 radical (unpaired) electrons. The molecule has 0 unspecified atom stereocenters. The van der Waals surface area contributed by atoms with Crippen LogP contribution < -0.4 is 16.6 Å². The Morgan fingerprint density at radius 1 is 1.06 bits per heavy atom. The van der Waals surface area contributed by atoms with Crippen molar-refractivity contribution < 1.29 is 42.7 Å². The van der Waals surface area contributed by atoms with Crippen LogP contribution in [-0.4, -0.2) is 57.6 Å². The van der Waals surface area contributed by atoms with Crippen molar-refractivity contribution in [1.82, 2.24) is 19.9 Å². The van der Waals surface area contributed by atoms with Gasteiger partial charge in [0, 0.05) is 19.3 Å². The van der Waals surface area contributed by atoms with E-state index >= 15 is 0 Å². The third kappa shape index (κ3) is 7.06. The summed E-state index contributed by atoms with van der Waals surface area (Å²) in [7, 11) is 0. The van der Waals surface area contributed by atoms with E-state index in [-0.39, 0.29) is 32.4 Å². The topological polar surface area (TPSA) is 183 Å². The molecule has 1 aromatic heterocycles.